The lowest BCUT2D eigenvalue weighted by atomic mass is 10.3. The summed E-state index contributed by atoms with van der Waals surface area (Å²) in [4.78, 5) is 0. The van der Waals surface area contributed by atoms with Crippen molar-refractivity contribution in [1.29, 1.82) is 0 Å². The van der Waals surface area contributed by atoms with Gasteiger partial charge in [0.1, 0.15) is 5.69 Å². The maximum atomic E-state index is 14.0. The van der Waals surface area contributed by atoms with Crippen LogP contribution in [0.5, 0.6) is 0 Å². The first-order valence-corrected chi connectivity index (χ1v) is 8.47. The zero-order valence-corrected chi connectivity index (χ0v) is 11.7. The quantitative estimate of drug-likeness (QED) is 0.352. The Kier molecular flexibility index (Phi) is 4.57. The van der Waals surface area contributed by atoms with Crippen LogP contribution in [-0.2, 0) is 4.43 Å². The van der Waals surface area contributed by atoms with Crippen LogP contribution >= 0.6 is 0 Å². The largest absolute Gasteiger partial charge is 0.409 e. The molecule has 0 aliphatic carbocycles. The summed E-state index contributed by atoms with van der Waals surface area (Å²) < 4.78 is 72.9. The van der Waals surface area contributed by atoms with Crippen molar-refractivity contribution in [3.05, 3.63) is 29.8 Å². The molecule has 8 heteroatoms. The van der Waals surface area contributed by atoms with Gasteiger partial charge in [-0.3, -0.25) is 0 Å². The van der Waals surface area contributed by atoms with Gasteiger partial charge in [0.05, 0.1) is 0 Å². The van der Waals surface area contributed by atoms with Gasteiger partial charge in [-0.2, -0.15) is 8.78 Å². The topological polar surface area (TPSA) is 12.5 Å². The lowest BCUT2D eigenvalue weighted by molar-refractivity contribution is 0.00834. The fourth-order valence-corrected chi connectivity index (χ4v) is 2.97. The Morgan fingerprint density at radius 3 is 2.37 bits per heavy atom. The standard InChI is InChI=1S/C11H14F5NOSi/c1-4-18-19(2,3)11(14,15)17(16)9-7-5-6-8(12)10(9)13/h5-7H,4H2,1-3H3. The van der Waals surface area contributed by atoms with E-state index >= 15 is 0 Å². The summed E-state index contributed by atoms with van der Waals surface area (Å²) in [5, 5.41) is -1.05. The van der Waals surface area contributed by atoms with Gasteiger partial charge >= 0.3 is 5.67 Å². The van der Waals surface area contributed by atoms with Crippen molar-refractivity contribution in [1.82, 2.24) is 0 Å². The van der Waals surface area contributed by atoms with Gasteiger partial charge in [-0.05, 0) is 32.2 Å². The first-order chi connectivity index (χ1) is 8.65. The van der Waals surface area contributed by atoms with Crippen molar-refractivity contribution in [3.8, 4) is 0 Å². The molecular weight excluding hydrogens is 285 g/mol. The zero-order valence-electron chi connectivity index (χ0n) is 10.7. The smallest absolute Gasteiger partial charge is 0.352 e. The molecule has 0 saturated heterocycles. The highest BCUT2D eigenvalue weighted by Gasteiger charge is 2.57. The number of halogens is 5. The molecule has 19 heavy (non-hydrogen) atoms. The van der Waals surface area contributed by atoms with Crippen molar-refractivity contribution in [2.75, 3.05) is 11.7 Å². The molecule has 0 aliphatic heterocycles. The molecule has 0 N–H and O–H groups in total. The summed E-state index contributed by atoms with van der Waals surface area (Å²) in [7, 11) is -3.79. The van der Waals surface area contributed by atoms with Crippen molar-refractivity contribution in [3.63, 3.8) is 0 Å². The minimum absolute atomic E-state index is 0.0196. The summed E-state index contributed by atoms with van der Waals surface area (Å²) >= 11 is 0. The Balaban J connectivity index is 3.17. The average Bonchev–Trinajstić information content (AvgIpc) is 2.31. The Labute approximate surface area is 108 Å². The molecule has 0 fully saturated rings. The van der Waals surface area contributed by atoms with Gasteiger partial charge in [0.25, 0.3) is 8.32 Å². The highest BCUT2D eigenvalue weighted by molar-refractivity contribution is 6.74. The van der Waals surface area contributed by atoms with Gasteiger partial charge in [-0.1, -0.05) is 10.5 Å². The monoisotopic (exact) mass is 299 g/mol. The SMILES string of the molecule is CCO[Si](C)(C)C(F)(F)N(F)c1cccc(F)c1F. The Morgan fingerprint density at radius 2 is 1.84 bits per heavy atom. The number of nitrogens with zero attached hydrogens (tertiary/aromatic N) is 1. The number of alkyl halides is 2. The van der Waals surface area contributed by atoms with E-state index in [4.69, 9.17) is 4.43 Å². The van der Waals surface area contributed by atoms with Gasteiger partial charge in [0.15, 0.2) is 11.6 Å². The van der Waals surface area contributed by atoms with Crippen LogP contribution in [0.1, 0.15) is 6.92 Å². The van der Waals surface area contributed by atoms with E-state index < -0.39 is 36.4 Å². The third kappa shape index (κ3) is 2.89. The van der Waals surface area contributed by atoms with Crippen molar-refractivity contribution < 1.29 is 26.5 Å². The van der Waals surface area contributed by atoms with E-state index in [1.165, 1.54) is 6.92 Å². The Bertz CT molecular complexity index is 455. The Morgan fingerprint density at radius 1 is 1.26 bits per heavy atom. The van der Waals surface area contributed by atoms with E-state index in [9.17, 15) is 22.0 Å². The highest BCUT2D eigenvalue weighted by Crippen LogP contribution is 2.37. The van der Waals surface area contributed by atoms with E-state index in [-0.39, 0.29) is 6.61 Å². The summed E-state index contributed by atoms with van der Waals surface area (Å²) in [5.74, 6) is -3.06. The minimum atomic E-state index is -4.03. The van der Waals surface area contributed by atoms with Crippen LogP contribution in [0.15, 0.2) is 18.2 Å². The van der Waals surface area contributed by atoms with Crippen molar-refractivity contribution >= 4 is 14.0 Å². The summed E-state index contributed by atoms with van der Waals surface area (Å²) in [6.45, 7) is 3.67. The minimum Gasteiger partial charge on any atom is -0.409 e. The number of hydrogen-bond donors (Lipinski definition) is 0. The predicted molar refractivity (Wildman–Crippen MR) is 64.0 cm³/mol. The van der Waals surface area contributed by atoms with E-state index in [2.05, 4.69) is 0 Å². The summed E-state index contributed by atoms with van der Waals surface area (Å²) in [6, 6.07) is 2.41. The first kappa shape index (κ1) is 15.9. The van der Waals surface area contributed by atoms with Gasteiger partial charge in [-0.15, -0.1) is 5.12 Å². The summed E-state index contributed by atoms with van der Waals surface area (Å²) in [6.07, 6.45) is 0. The van der Waals surface area contributed by atoms with Crippen LogP contribution in [0.2, 0.25) is 13.1 Å². The van der Waals surface area contributed by atoms with Crippen LogP contribution < -0.4 is 5.12 Å². The fraction of sp³-hybridized carbons (Fsp3) is 0.455. The molecule has 0 heterocycles. The molecule has 1 aromatic rings. The second-order valence-electron chi connectivity index (χ2n) is 4.34. The second kappa shape index (κ2) is 5.46. The van der Waals surface area contributed by atoms with E-state index in [1.54, 1.807) is 0 Å². The van der Waals surface area contributed by atoms with E-state index in [1.807, 2.05) is 0 Å². The van der Waals surface area contributed by atoms with Crippen molar-refractivity contribution in [2.24, 2.45) is 0 Å². The molecule has 108 valence electrons. The number of benzene rings is 1. The van der Waals surface area contributed by atoms with E-state index in [0.29, 0.717) is 0 Å². The van der Waals surface area contributed by atoms with Crippen molar-refractivity contribution in [2.45, 2.75) is 25.7 Å². The van der Waals surface area contributed by atoms with Crippen LogP contribution in [0.3, 0.4) is 0 Å². The molecule has 1 rings (SSSR count). The average molecular weight is 299 g/mol. The number of rotatable bonds is 5. The molecule has 0 atom stereocenters. The molecule has 0 aliphatic rings. The molecule has 1 aromatic carbocycles. The van der Waals surface area contributed by atoms with Crippen LogP contribution in [0.25, 0.3) is 0 Å². The molecule has 0 spiro atoms. The first-order valence-electron chi connectivity index (χ1n) is 5.57. The normalized spacial score (nSPS) is 12.6. The summed E-state index contributed by atoms with van der Waals surface area (Å²) in [5.41, 5.74) is -5.18. The molecule has 0 saturated carbocycles. The molecule has 0 unspecified atom stereocenters. The second-order valence-corrected chi connectivity index (χ2v) is 8.25. The zero-order chi connectivity index (χ0) is 14.8. The van der Waals surface area contributed by atoms with Crippen LogP contribution in [0.4, 0.5) is 27.7 Å². The molecule has 0 amide bonds. The third-order valence-electron chi connectivity index (χ3n) is 2.62. The maximum Gasteiger partial charge on any atom is 0.352 e. The van der Waals surface area contributed by atoms with Gasteiger partial charge in [0, 0.05) is 6.61 Å². The lowest BCUT2D eigenvalue weighted by Crippen LogP contribution is -2.59. The molecular formula is C11H14F5NOSi. The van der Waals surface area contributed by atoms with Gasteiger partial charge < -0.3 is 4.43 Å². The molecule has 0 radical (unpaired) electrons. The van der Waals surface area contributed by atoms with Crippen LogP contribution in [0, 0.1) is 11.6 Å². The number of hydrogen-bond acceptors (Lipinski definition) is 2. The predicted octanol–water partition coefficient (Wildman–Crippen LogP) is 4.03. The number of anilines is 1. The molecule has 0 bridgehead atoms. The molecule has 0 aromatic heterocycles. The fourth-order valence-electron chi connectivity index (χ4n) is 1.48. The van der Waals surface area contributed by atoms with E-state index in [0.717, 1.165) is 31.3 Å². The lowest BCUT2D eigenvalue weighted by Gasteiger charge is -2.35. The van der Waals surface area contributed by atoms with Gasteiger partial charge in [0.2, 0.25) is 0 Å². The Hall–Kier alpha value is -1.15. The van der Waals surface area contributed by atoms with Crippen LogP contribution in [-0.4, -0.2) is 20.6 Å². The van der Waals surface area contributed by atoms with Gasteiger partial charge in [-0.25, -0.2) is 8.78 Å². The highest BCUT2D eigenvalue weighted by atomic mass is 28.4. The maximum absolute atomic E-state index is 14.0. The third-order valence-corrected chi connectivity index (χ3v) is 5.27. The molecule has 2 nitrogen and oxygen atoms in total.